The van der Waals surface area contributed by atoms with Crippen molar-refractivity contribution in [3.05, 3.63) is 54.2 Å². The highest BCUT2D eigenvalue weighted by molar-refractivity contribution is 5.79. The summed E-state index contributed by atoms with van der Waals surface area (Å²) in [7, 11) is 2.01. The topological polar surface area (TPSA) is 31.0 Å². The van der Waals surface area contributed by atoms with Crippen molar-refractivity contribution in [2.24, 2.45) is 7.05 Å². The molecule has 0 saturated carbocycles. The van der Waals surface area contributed by atoms with Crippen LogP contribution in [0.25, 0.3) is 23.2 Å². The highest BCUT2D eigenvalue weighted by atomic mass is 16.3. The van der Waals surface area contributed by atoms with Crippen molar-refractivity contribution in [1.82, 2.24) is 9.55 Å². The number of aromatic nitrogens is 2. The van der Waals surface area contributed by atoms with Crippen molar-refractivity contribution in [2.45, 2.75) is 0 Å². The van der Waals surface area contributed by atoms with Crippen molar-refractivity contribution in [3.63, 3.8) is 0 Å². The van der Waals surface area contributed by atoms with E-state index in [1.807, 2.05) is 49.5 Å². The summed E-state index contributed by atoms with van der Waals surface area (Å²) in [5.74, 6) is 1.75. The van der Waals surface area contributed by atoms with Crippen LogP contribution in [-0.2, 0) is 7.05 Å². The molecule has 0 atom stereocenters. The predicted molar refractivity (Wildman–Crippen MR) is 68.4 cm³/mol. The lowest BCUT2D eigenvalue weighted by molar-refractivity contribution is 0.557. The zero-order valence-electron chi connectivity index (χ0n) is 9.50. The minimum atomic E-state index is 0.831. The molecule has 0 spiro atoms. The maximum Gasteiger partial charge on any atom is 0.133 e. The van der Waals surface area contributed by atoms with E-state index < -0.39 is 0 Å². The van der Waals surface area contributed by atoms with Gasteiger partial charge in [-0.2, -0.15) is 0 Å². The SMILES string of the molecule is Cn1c(/C=C\c2ccco2)nc2ccccc21. The Balaban J connectivity index is 2.03. The van der Waals surface area contributed by atoms with Crippen molar-refractivity contribution in [1.29, 1.82) is 0 Å². The van der Waals surface area contributed by atoms with Gasteiger partial charge in [-0.05, 0) is 36.4 Å². The van der Waals surface area contributed by atoms with Gasteiger partial charge >= 0.3 is 0 Å². The van der Waals surface area contributed by atoms with E-state index in [0.29, 0.717) is 0 Å². The number of fused-ring (bicyclic) bond motifs is 1. The van der Waals surface area contributed by atoms with E-state index in [9.17, 15) is 0 Å². The molecular weight excluding hydrogens is 212 g/mol. The van der Waals surface area contributed by atoms with Crippen LogP contribution in [0.3, 0.4) is 0 Å². The number of para-hydroxylation sites is 2. The van der Waals surface area contributed by atoms with Crippen LogP contribution in [0, 0.1) is 0 Å². The smallest absolute Gasteiger partial charge is 0.133 e. The molecule has 0 aliphatic rings. The number of nitrogens with zero attached hydrogens (tertiary/aromatic N) is 2. The van der Waals surface area contributed by atoms with Gasteiger partial charge in [0.15, 0.2) is 0 Å². The monoisotopic (exact) mass is 224 g/mol. The number of furan rings is 1. The molecule has 0 saturated heterocycles. The number of imidazole rings is 1. The average molecular weight is 224 g/mol. The van der Waals surface area contributed by atoms with Gasteiger partial charge < -0.3 is 8.98 Å². The van der Waals surface area contributed by atoms with E-state index in [1.165, 1.54) is 0 Å². The van der Waals surface area contributed by atoms with E-state index >= 15 is 0 Å². The number of hydrogen-bond donors (Lipinski definition) is 0. The second-order valence-corrected chi connectivity index (χ2v) is 3.87. The zero-order chi connectivity index (χ0) is 11.7. The average Bonchev–Trinajstić information content (AvgIpc) is 2.96. The summed E-state index contributed by atoms with van der Waals surface area (Å²) in [6.45, 7) is 0. The van der Waals surface area contributed by atoms with E-state index in [1.54, 1.807) is 6.26 Å². The number of hydrogen-bond acceptors (Lipinski definition) is 2. The summed E-state index contributed by atoms with van der Waals surface area (Å²) >= 11 is 0. The number of rotatable bonds is 2. The van der Waals surface area contributed by atoms with Gasteiger partial charge in [0.2, 0.25) is 0 Å². The highest BCUT2D eigenvalue weighted by Gasteiger charge is 2.03. The first kappa shape index (κ1) is 9.90. The minimum absolute atomic E-state index is 0.831. The van der Waals surface area contributed by atoms with Crippen LogP contribution in [-0.4, -0.2) is 9.55 Å². The lowest BCUT2D eigenvalue weighted by Gasteiger charge is -1.95. The lowest BCUT2D eigenvalue weighted by atomic mass is 10.3. The molecule has 3 rings (SSSR count). The van der Waals surface area contributed by atoms with Crippen molar-refractivity contribution >= 4 is 23.2 Å². The fourth-order valence-electron chi connectivity index (χ4n) is 1.86. The quantitative estimate of drug-likeness (QED) is 0.668. The van der Waals surface area contributed by atoms with Gasteiger partial charge in [-0.25, -0.2) is 4.98 Å². The minimum Gasteiger partial charge on any atom is -0.465 e. The molecule has 0 radical (unpaired) electrons. The molecule has 0 amide bonds. The molecule has 2 aromatic heterocycles. The first-order valence-corrected chi connectivity index (χ1v) is 5.47. The van der Waals surface area contributed by atoms with Gasteiger partial charge in [0, 0.05) is 7.05 Å². The maximum atomic E-state index is 5.25. The Hall–Kier alpha value is -2.29. The summed E-state index contributed by atoms with van der Waals surface area (Å²) < 4.78 is 7.31. The van der Waals surface area contributed by atoms with Gasteiger partial charge in [0.1, 0.15) is 11.6 Å². The molecule has 0 unspecified atom stereocenters. The standard InChI is InChI=1S/C14H12N2O/c1-16-13-7-3-2-6-12(13)15-14(16)9-8-11-5-4-10-17-11/h2-10H,1H3/b9-8-. The van der Waals surface area contributed by atoms with E-state index in [2.05, 4.69) is 15.6 Å². The molecule has 0 aliphatic heterocycles. The summed E-state index contributed by atoms with van der Waals surface area (Å²) in [6.07, 6.45) is 5.54. The molecule has 0 fully saturated rings. The molecule has 0 aliphatic carbocycles. The van der Waals surface area contributed by atoms with E-state index in [4.69, 9.17) is 4.42 Å². The molecular formula is C14H12N2O. The van der Waals surface area contributed by atoms with Gasteiger partial charge in [0.25, 0.3) is 0 Å². The van der Waals surface area contributed by atoms with Gasteiger partial charge in [-0.3, -0.25) is 0 Å². The van der Waals surface area contributed by atoms with E-state index in [0.717, 1.165) is 22.6 Å². The van der Waals surface area contributed by atoms with Crippen LogP contribution in [0.2, 0.25) is 0 Å². The molecule has 2 heterocycles. The Morgan fingerprint density at radius 2 is 2.00 bits per heavy atom. The molecule has 0 bridgehead atoms. The Morgan fingerprint density at radius 3 is 2.76 bits per heavy atom. The van der Waals surface area contributed by atoms with Crippen LogP contribution in [0.15, 0.2) is 47.1 Å². The van der Waals surface area contributed by atoms with Crippen molar-refractivity contribution in [2.75, 3.05) is 0 Å². The first-order valence-electron chi connectivity index (χ1n) is 5.47. The van der Waals surface area contributed by atoms with Gasteiger partial charge in [0.05, 0.1) is 17.3 Å². The molecule has 3 nitrogen and oxygen atoms in total. The van der Waals surface area contributed by atoms with Crippen LogP contribution < -0.4 is 0 Å². The summed E-state index contributed by atoms with van der Waals surface area (Å²) in [4.78, 5) is 4.55. The number of benzene rings is 1. The maximum absolute atomic E-state index is 5.25. The Bertz CT molecular complexity index is 663. The fraction of sp³-hybridized carbons (Fsp3) is 0.0714. The summed E-state index contributed by atoms with van der Waals surface area (Å²) in [5, 5.41) is 0. The van der Waals surface area contributed by atoms with Crippen LogP contribution in [0.5, 0.6) is 0 Å². The molecule has 3 aromatic rings. The lowest BCUT2D eigenvalue weighted by Crippen LogP contribution is -1.90. The third-order valence-corrected chi connectivity index (χ3v) is 2.76. The predicted octanol–water partition coefficient (Wildman–Crippen LogP) is 3.34. The van der Waals surface area contributed by atoms with E-state index in [-0.39, 0.29) is 0 Å². The first-order chi connectivity index (χ1) is 8.34. The Labute approximate surface area is 99.0 Å². The largest absolute Gasteiger partial charge is 0.465 e. The van der Waals surface area contributed by atoms with Gasteiger partial charge in [-0.15, -0.1) is 0 Å². The molecule has 0 N–H and O–H groups in total. The molecule has 1 aromatic carbocycles. The van der Waals surface area contributed by atoms with Gasteiger partial charge in [-0.1, -0.05) is 12.1 Å². The van der Waals surface area contributed by atoms with Crippen molar-refractivity contribution < 1.29 is 4.42 Å². The van der Waals surface area contributed by atoms with Crippen molar-refractivity contribution in [3.8, 4) is 0 Å². The Kier molecular flexibility index (Phi) is 2.29. The third-order valence-electron chi connectivity index (χ3n) is 2.76. The van der Waals surface area contributed by atoms with Crippen LogP contribution >= 0.6 is 0 Å². The molecule has 17 heavy (non-hydrogen) atoms. The fourth-order valence-corrected chi connectivity index (χ4v) is 1.86. The Morgan fingerprint density at radius 1 is 1.12 bits per heavy atom. The second kappa shape index (κ2) is 3.94. The molecule has 84 valence electrons. The second-order valence-electron chi connectivity index (χ2n) is 3.87. The normalized spacial score (nSPS) is 11.6. The number of aryl methyl sites for hydroxylation is 1. The summed E-state index contributed by atoms with van der Waals surface area (Å²) in [6, 6.07) is 11.9. The molecule has 3 heteroatoms. The summed E-state index contributed by atoms with van der Waals surface area (Å²) in [5.41, 5.74) is 2.14. The third kappa shape index (κ3) is 1.76. The van der Waals surface area contributed by atoms with Crippen LogP contribution in [0.1, 0.15) is 11.6 Å². The zero-order valence-corrected chi connectivity index (χ0v) is 9.50. The van der Waals surface area contributed by atoms with Crippen LogP contribution in [0.4, 0.5) is 0 Å². The highest BCUT2D eigenvalue weighted by Crippen LogP contribution is 2.16.